The van der Waals surface area contributed by atoms with Crippen molar-refractivity contribution in [1.29, 1.82) is 0 Å². The average molecular weight is 427 g/mol. The standard InChI is InChI=1S/C27H26N2O3/c1-31-19-12-13-25(32-2)20(16-19)27-26-23(28-21-10-6-7-11-22(21)29-27)14-18(15-24(26)30)17-8-4-3-5-9-17/h3-13,16,18,27-29H,14-15H2,1-2H3/t18-,27+/m1/s1. The first-order valence-corrected chi connectivity index (χ1v) is 10.8. The van der Waals surface area contributed by atoms with E-state index >= 15 is 0 Å². The van der Waals surface area contributed by atoms with E-state index in [2.05, 4.69) is 22.8 Å². The number of ketones is 1. The fraction of sp³-hybridized carbons (Fsp3) is 0.222. The van der Waals surface area contributed by atoms with Gasteiger partial charge in [0.15, 0.2) is 5.78 Å². The van der Waals surface area contributed by atoms with Gasteiger partial charge in [0.25, 0.3) is 0 Å². The van der Waals surface area contributed by atoms with Gasteiger partial charge in [-0.1, -0.05) is 42.5 Å². The number of fused-ring (bicyclic) bond motifs is 1. The molecule has 0 radical (unpaired) electrons. The summed E-state index contributed by atoms with van der Waals surface area (Å²) >= 11 is 0. The van der Waals surface area contributed by atoms with Crippen molar-refractivity contribution in [3.8, 4) is 11.5 Å². The zero-order valence-corrected chi connectivity index (χ0v) is 18.2. The van der Waals surface area contributed by atoms with E-state index in [0.29, 0.717) is 12.2 Å². The molecule has 0 spiro atoms. The molecule has 0 saturated heterocycles. The van der Waals surface area contributed by atoms with E-state index in [1.165, 1.54) is 5.56 Å². The Morgan fingerprint density at radius 1 is 0.844 bits per heavy atom. The highest BCUT2D eigenvalue weighted by molar-refractivity contribution is 6.01. The molecule has 0 amide bonds. The number of nitrogens with one attached hydrogen (secondary N) is 2. The summed E-state index contributed by atoms with van der Waals surface area (Å²) in [6.45, 7) is 0. The van der Waals surface area contributed by atoms with Crippen LogP contribution in [-0.4, -0.2) is 20.0 Å². The number of hydrogen-bond donors (Lipinski definition) is 2. The molecule has 0 aromatic heterocycles. The van der Waals surface area contributed by atoms with Crippen LogP contribution in [-0.2, 0) is 4.79 Å². The van der Waals surface area contributed by atoms with Crippen LogP contribution in [0.4, 0.5) is 11.4 Å². The molecule has 0 saturated carbocycles. The Morgan fingerprint density at radius 3 is 2.34 bits per heavy atom. The van der Waals surface area contributed by atoms with Crippen LogP contribution in [0.25, 0.3) is 0 Å². The predicted octanol–water partition coefficient (Wildman–Crippen LogP) is 5.68. The monoisotopic (exact) mass is 426 g/mol. The predicted molar refractivity (Wildman–Crippen MR) is 126 cm³/mol. The van der Waals surface area contributed by atoms with E-state index in [-0.39, 0.29) is 17.7 Å². The lowest BCUT2D eigenvalue weighted by Crippen LogP contribution is -2.27. The van der Waals surface area contributed by atoms with Gasteiger partial charge in [0.05, 0.1) is 31.6 Å². The van der Waals surface area contributed by atoms with Crippen molar-refractivity contribution in [2.75, 3.05) is 24.9 Å². The second-order valence-corrected chi connectivity index (χ2v) is 8.19. The second kappa shape index (κ2) is 8.42. The first-order chi connectivity index (χ1) is 15.7. The maximum Gasteiger partial charge on any atom is 0.163 e. The van der Waals surface area contributed by atoms with Crippen LogP contribution in [0.3, 0.4) is 0 Å². The van der Waals surface area contributed by atoms with E-state index in [4.69, 9.17) is 9.47 Å². The quantitative estimate of drug-likeness (QED) is 0.562. The fourth-order valence-corrected chi connectivity index (χ4v) is 4.75. The molecule has 1 aliphatic carbocycles. The maximum absolute atomic E-state index is 13.6. The van der Waals surface area contributed by atoms with Gasteiger partial charge in [-0.2, -0.15) is 0 Å². The van der Waals surface area contributed by atoms with Gasteiger partial charge >= 0.3 is 0 Å². The lowest BCUT2D eigenvalue weighted by Gasteiger charge is -2.30. The van der Waals surface area contributed by atoms with E-state index in [1.807, 2.05) is 60.7 Å². The highest BCUT2D eigenvalue weighted by Gasteiger charge is 2.37. The third kappa shape index (κ3) is 3.60. The summed E-state index contributed by atoms with van der Waals surface area (Å²) in [5.74, 6) is 1.73. The van der Waals surface area contributed by atoms with Crippen LogP contribution in [0.5, 0.6) is 11.5 Å². The number of anilines is 2. The SMILES string of the molecule is COc1ccc(OC)c([C@@H]2Nc3ccccc3NC3=C2C(=O)C[C@H](c2ccccc2)C3)c1. The molecule has 0 bridgehead atoms. The summed E-state index contributed by atoms with van der Waals surface area (Å²) in [4.78, 5) is 13.6. The lowest BCUT2D eigenvalue weighted by molar-refractivity contribution is -0.116. The minimum atomic E-state index is -0.351. The van der Waals surface area contributed by atoms with Gasteiger partial charge in [0.1, 0.15) is 11.5 Å². The van der Waals surface area contributed by atoms with Crippen molar-refractivity contribution >= 4 is 17.2 Å². The normalized spacial score (nSPS) is 19.8. The molecule has 3 aromatic carbocycles. The maximum atomic E-state index is 13.6. The topological polar surface area (TPSA) is 59.6 Å². The Kier molecular flexibility index (Phi) is 5.31. The molecule has 2 N–H and O–H groups in total. The number of carbonyl (C=O) groups excluding carboxylic acids is 1. The molecule has 0 fully saturated rings. The highest BCUT2D eigenvalue weighted by Crippen LogP contribution is 2.46. The molecule has 0 unspecified atom stereocenters. The lowest BCUT2D eigenvalue weighted by atomic mass is 9.78. The van der Waals surface area contributed by atoms with Gasteiger partial charge in [0.2, 0.25) is 0 Å². The summed E-state index contributed by atoms with van der Waals surface area (Å²) in [5.41, 5.74) is 5.70. The van der Waals surface area contributed by atoms with E-state index in [0.717, 1.165) is 40.4 Å². The van der Waals surface area contributed by atoms with Crippen LogP contribution in [0.2, 0.25) is 0 Å². The van der Waals surface area contributed by atoms with Crippen molar-refractivity contribution in [1.82, 2.24) is 0 Å². The molecule has 1 aliphatic heterocycles. The van der Waals surface area contributed by atoms with Crippen LogP contribution in [0.15, 0.2) is 84.1 Å². The van der Waals surface area contributed by atoms with Crippen molar-refractivity contribution in [3.63, 3.8) is 0 Å². The summed E-state index contributed by atoms with van der Waals surface area (Å²) in [7, 11) is 3.29. The molecule has 2 aliphatic rings. The molecular formula is C27H26N2O3. The van der Waals surface area contributed by atoms with Gasteiger partial charge in [-0.25, -0.2) is 0 Å². The largest absolute Gasteiger partial charge is 0.497 e. The fourth-order valence-electron chi connectivity index (χ4n) is 4.75. The van der Waals surface area contributed by atoms with Crippen LogP contribution >= 0.6 is 0 Å². The smallest absolute Gasteiger partial charge is 0.163 e. The number of benzene rings is 3. The number of ether oxygens (including phenoxy) is 2. The molecular weight excluding hydrogens is 400 g/mol. The van der Waals surface area contributed by atoms with Crippen molar-refractivity contribution < 1.29 is 14.3 Å². The molecule has 2 atom stereocenters. The van der Waals surface area contributed by atoms with E-state index in [1.54, 1.807) is 14.2 Å². The number of rotatable bonds is 4. The Hall–Kier alpha value is -3.73. The molecule has 162 valence electrons. The van der Waals surface area contributed by atoms with Crippen molar-refractivity contribution in [2.45, 2.75) is 24.8 Å². The summed E-state index contributed by atoms with van der Waals surface area (Å²) in [6, 6.07) is 23.7. The second-order valence-electron chi connectivity index (χ2n) is 8.19. The Balaban J connectivity index is 1.66. The van der Waals surface area contributed by atoms with Crippen molar-refractivity contribution in [2.24, 2.45) is 0 Å². The van der Waals surface area contributed by atoms with Gasteiger partial charge in [0, 0.05) is 23.3 Å². The summed E-state index contributed by atoms with van der Waals surface area (Å²) in [5, 5.41) is 7.19. The number of carbonyl (C=O) groups is 1. The minimum absolute atomic E-state index is 0.141. The Labute approximate surface area is 188 Å². The number of hydrogen-bond acceptors (Lipinski definition) is 5. The van der Waals surface area contributed by atoms with Crippen molar-refractivity contribution in [3.05, 3.63) is 95.2 Å². The Morgan fingerprint density at radius 2 is 1.59 bits per heavy atom. The minimum Gasteiger partial charge on any atom is -0.497 e. The van der Waals surface area contributed by atoms with Crippen LogP contribution in [0.1, 0.15) is 35.9 Å². The number of methoxy groups -OCH3 is 2. The number of allylic oxidation sites excluding steroid dienone is 1. The van der Waals surface area contributed by atoms with Gasteiger partial charge < -0.3 is 20.1 Å². The Bertz CT molecular complexity index is 1190. The molecule has 3 aromatic rings. The first kappa shape index (κ1) is 20.2. The average Bonchev–Trinajstić information content (AvgIpc) is 3.01. The zero-order chi connectivity index (χ0) is 22.1. The number of Topliss-reactive ketones (excluding diaryl/α,β-unsaturated/α-hetero) is 1. The van der Waals surface area contributed by atoms with Gasteiger partial charge in [-0.15, -0.1) is 0 Å². The molecule has 5 nitrogen and oxygen atoms in total. The molecule has 1 heterocycles. The zero-order valence-electron chi connectivity index (χ0n) is 18.2. The summed E-state index contributed by atoms with van der Waals surface area (Å²) < 4.78 is 11.2. The van der Waals surface area contributed by atoms with Gasteiger partial charge in [-0.05, 0) is 48.2 Å². The highest BCUT2D eigenvalue weighted by atomic mass is 16.5. The van der Waals surface area contributed by atoms with Gasteiger partial charge in [-0.3, -0.25) is 4.79 Å². The molecule has 5 heteroatoms. The molecule has 32 heavy (non-hydrogen) atoms. The van der Waals surface area contributed by atoms with E-state index in [9.17, 15) is 4.79 Å². The molecule has 5 rings (SSSR count). The van der Waals surface area contributed by atoms with Crippen LogP contribution in [0, 0.1) is 0 Å². The third-order valence-electron chi connectivity index (χ3n) is 6.33. The van der Waals surface area contributed by atoms with Crippen LogP contribution < -0.4 is 20.1 Å². The third-order valence-corrected chi connectivity index (χ3v) is 6.33. The number of para-hydroxylation sites is 2. The van der Waals surface area contributed by atoms with E-state index < -0.39 is 0 Å². The first-order valence-electron chi connectivity index (χ1n) is 10.8. The summed E-state index contributed by atoms with van der Waals surface area (Å²) in [6.07, 6.45) is 1.25.